The van der Waals surface area contributed by atoms with Crippen molar-refractivity contribution >= 4 is 44.0 Å². The van der Waals surface area contributed by atoms with E-state index in [1.807, 2.05) is 65.4 Å². The van der Waals surface area contributed by atoms with Crippen LogP contribution in [0, 0.1) is 13.8 Å². The fourth-order valence-corrected chi connectivity index (χ4v) is 4.62. The van der Waals surface area contributed by atoms with Crippen LogP contribution in [0.4, 0.5) is 0 Å². The predicted molar refractivity (Wildman–Crippen MR) is 147 cm³/mol. The summed E-state index contributed by atoms with van der Waals surface area (Å²) in [6.07, 6.45) is 3.65. The Morgan fingerprint density at radius 1 is 0.944 bits per heavy atom. The van der Waals surface area contributed by atoms with Crippen molar-refractivity contribution in [2.75, 3.05) is 0 Å². The number of benzene rings is 3. The summed E-state index contributed by atoms with van der Waals surface area (Å²) in [7, 11) is 0. The summed E-state index contributed by atoms with van der Waals surface area (Å²) in [6, 6.07) is 25.1. The lowest BCUT2D eigenvalue weighted by atomic mass is 10.1. The zero-order chi connectivity index (χ0) is 24.8. The highest BCUT2D eigenvalue weighted by atomic mass is 79.9. The van der Waals surface area contributed by atoms with Gasteiger partial charge in [0, 0.05) is 21.7 Å². The van der Waals surface area contributed by atoms with Gasteiger partial charge < -0.3 is 8.98 Å². The molecule has 36 heavy (non-hydrogen) atoms. The van der Waals surface area contributed by atoms with E-state index in [0.29, 0.717) is 28.1 Å². The van der Waals surface area contributed by atoms with Gasteiger partial charge in [0.05, 0.1) is 22.8 Å². The molecule has 0 aliphatic rings. The third kappa shape index (κ3) is 3.87. The van der Waals surface area contributed by atoms with Gasteiger partial charge in [0.15, 0.2) is 5.76 Å². The first-order valence-electron chi connectivity index (χ1n) is 11.5. The third-order valence-corrected chi connectivity index (χ3v) is 6.80. The van der Waals surface area contributed by atoms with E-state index in [4.69, 9.17) is 9.40 Å². The van der Waals surface area contributed by atoms with E-state index in [9.17, 15) is 4.79 Å². The molecule has 0 spiro atoms. The quantitative estimate of drug-likeness (QED) is 0.231. The number of fused-ring (bicyclic) bond motifs is 2. The van der Waals surface area contributed by atoms with Crippen LogP contribution in [0.1, 0.15) is 16.8 Å². The Balaban J connectivity index is 1.52. The molecule has 0 radical (unpaired) electrons. The molecule has 0 aliphatic carbocycles. The average Bonchev–Trinajstić information content (AvgIpc) is 3.52. The molecular weight excluding hydrogens is 516 g/mol. The molecule has 0 saturated heterocycles. The Morgan fingerprint density at radius 3 is 2.67 bits per heavy atom. The lowest BCUT2D eigenvalue weighted by Crippen LogP contribution is -2.20. The van der Waals surface area contributed by atoms with E-state index in [2.05, 4.69) is 53.1 Å². The van der Waals surface area contributed by atoms with Gasteiger partial charge in [-0.05, 0) is 85.6 Å². The lowest BCUT2D eigenvalue weighted by molar-refractivity contribution is 0.616. The average molecular weight is 537 g/mol. The molecule has 6 rings (SSSR count). The van der Waals surface area contributed by atoms with Crippen LogP contribution in [0.5, 0.6) is 0 Å². The SMILES string of the molecule is Cc1ccc(-n2cccc2C=Nn2c(-c3cc4cc(Br)ccc4o3)nc3ccccc3c2=O)cc1C. The fraction of sp³-hybridized carbons (Fsp3) is 0.0690. The first-order chi connectivity index (χ1) is 17.5. The largest absolute Gasteiger partial charge is 0.453 e. The first-order valence-corrected chi connectivity index (χ1v) is 12.3. The Labute approximate surface area is 215 Å². The summed E-state index contributed by atoms with van der Waals surface area (Å²) >= 11 is 3.50. The van der Waals surface area contributed by atoms with Crippen molar-refractivity contribution in [3.05, 3.63) is 117 Å². The summed E-state index contributed by atoms with van der Waals surface area (Å²) in [5, 5.41) is 6.01. The van der Waals surface area contributed by atoms with Gasteiger partial charge >= 0.3 is 0 Å². The van der Waals surface area contributed by atoms with Crippen LogP contribution in [-0.4, -0.2) is 20.4 Å². The monoisotopic (exact) mass is 536 g/mol. The molecule has 0 saturated carbocycles. The van der Waals surface area contributed by atoms with Crippen molar-refractivity contribution in [2.24, 2.45) is 5.10 Å². The highest BCUT2D eigenvalue weighted by Crippen LogP contribution is 2.29. The Kier molecular flexibility index (Phi) is 5.42. The maximum atomic E-state index is 13.5. The smallest absolute Gasteiger partial charge is 0.282 e. The molecular formula is C29H21BrN4O2. The van der Waals surface area contributed by atoms with Crippen LogP contribution in [0.3, 0.4) is 0 Å². The molecule has 6 nitrogen and oxygen atoms in total. The van der Waals surface area contributed by atoms with E-state index >= 15 is 0 Å². The van der Waals surface area contributed by atoms with Crippen molar-refractivity contribution in [3.8, 4) is 17.3 Å². The molecule has 0 atom stereocenters. The second-order valence-electron chi connectivity index (χ2n) is 8.68. The van der Waals surface area contributed by atoms with Gasteiger partial charge in [0.1, 0.15) is 5.58 Å². The van der Waals surface area contributed by atoms with E-state index in [0.717, 1.165) is 21.2 Å². The normalized spacial score (nSPS) is 11.8. The maximum Gasteiger partial charge on any atom is 0.282 e. The molecule has 3 heterocycles. The van der Waals surface area contributed by atoms with Gasteiger partial charge in [-0.25, -0.2) is 4.98 Å². The number of rotatable bonds is 4. The van der Waals surface area contributed by atoms with Gasteiger partial charge in [-0.3, -0.25) is 4.79 Å². The van der Waals surface area contributed by atoms with Gasteiger partial charge in [-0.2, -0.15) is 9.78 Å². The highest BCUT2D eigenvalue weighted by Gasteiger charge is 2.17. The van der Waals surface area contributed by atoms with Crippen LogP contribution < -0.4 is 5.56 Å². The second kappa shape index (κ2) is 8.77. The summed E-state index contributed by atoms with van der Waals surface area (Å²) in [4.78, 5) is 18.3. The van der Waals surface area contributed by atoms with Gasteiger partial charge in [-0.1, -0.05) is 34.1 Å². The van der Waals surface area contributed by atoms with E-state index in [1.54, 1.807) is 12.3 Å². The van der Waals surface area contributed by atoms with Crippen molar-refractivity contribution in [2.45, 2.75) is 13.8 Å². The predicted octanol–water partition coefficient (Wildman–Crippen LogP) is 6.86. The molecule has 0 amide bonds. The first kappa shape index (κ1) is 22.2. The zero-order valence-corrected chi connectivity index (χ0v) is 21.2. The van der Waals surface area contributed by atoms with Crippen molar-refractivity contribution < 1.29 is 4.42 Å². The van der Waals surface area contributed by atoms with Crippen LogP contribution in [0.15, 0.2) is 104 Å². The number of halogens is 1. The van der Waals surface area contributed by atoms with Gasteiger partial charge in [0.25, 0.3) is 5.56 Å². The Hall–Kier alpha value is -4.23. The number of furan rings is 1. The molecule has 3 aromatic heterocycles. The molecule has 7 heteroatoms. The summed E-state index contributed by atoms with van der Waals surface area (Å²) < 4.78 is 10.4. The van der Waals surface area contributed by atoms with Crippen LogP contribution in [0.25, 0.3) is 39.1 Å². The summed E-state index contributed by atoms with van der Waals surface area (Å²) in [5.41, 5.74) is 5.32. The molecule has 176 valence electrons. The minimum absolute atomic E-state index is 0.266. The van der Waals surface area contributed by atoms with Crippen LogP contribution in [-0.2, 0) is 0 Å². The summed E-state index contributed by atoms with van der Waals surface area (Å²) in [5.74, 6) is 0.805. The maximum absolute atomic E-state index is 13.5. The third-order valence-electron chi connectivity index (χ3n) is 6.31. The van der Waals surface area contributed by atoms with Crippen molar-refractivity contribution in [3.63, 3.8) is 0 Å². The fourth-order valence-electron chi connectivity index (χ4n) is 4.24. The van der Waals surface area contributed by atoms with E-state index in [-0.39, 0.29) is 5.56 Å². The van der Waals surface area contributed by atoms with Crippen LogP contribution >= 0.6 is 15.9 Å². The zero-order valence-electron chi connectivity index (χ0n) is 19.6. The van der Waals surface area contributed by atoms with Crippen molar-refractivity contribution in [1.29, 1.82) is 0 Å². The Bertz CT molecular complexity index is 1860. The molecule has 0 aliphatic heterocycles. The molecule has 0 fully saturated rings. The molecule has 0 N–H and O–H groups in total. The highest BCUT2D eigenvalue weighted by molar-refractivity contribution is 9.10. The Morgan fingerprint density at radius 2 is 1.81 bits per heavy atom. The number of hydrogen-bond acceptors (Lipinski definition) is 4. The van der Waals surface area contributed by atoms with Gasteiger partial charge in [0.2, 0.25) is 5.82 Å². The van der Waals surface area contributed by atoms with Crippen molar-refractivity contribution in [1.82, 2.24) is 14.2 Å². The van der Waals surface area contributed by atoms with Crippen LogP contribution in [0.2, 0.25) is 0 Å². The molecule has 0 bridgehead atoms. The molecule has 0 unspecified atom stereocenters. The minimum Gasteiger partial charge on any atom is -0.453 e. The topological polar surface area (TPSA) is 65.3 Å². The standard InChI is InChI=1S/C29H21BrN4O2/c1-18-9-11-22(14-19(18)2)33-13-5-6-23(33)17-31-34-28(32-25-8-4-3-7-24(25)29(34)35)27-16-20-15-21(30)10-12-26(20)36-27/h3-17H,1-2H3. The van der Waals surface area contributed by atoms with E-state index in [1.165, 1.54) is 15.8 Å². The number of para-hydroxylation sites is 1. The summed E-state index contributed by atoms with van der Waals surface area (Å²) in [6.45, 7) is 4.18. The lowest BCUT2D eigenvalue weighted by Gasteiger charge is -2.10. The number of nitrogens with zero attached hydrogens (tertiary/aromatic N) is 4. The number of aryl methyl sites for hydroxylation is 2. The van der Waals surface area contributed by atoms with E-state index < -0.39 is 0 Å². The van der Waals surface area contributed by atoms with Gasteiger partial charge in [-0.15, -0.1) is 0 Å². The number of aromatic nitrogens is 3. The second-order valence-corrected chi connectivity index (χ2v) is 9.59. The molecule has 3 aromatic carbocycles. The number of hydrogen-bond donors (Lipinski definition) is 0. The molecule has 6 aromatic rings. The minimum atomic E-state index is -0.266.